The van der Waals surface area contributed by atoms with Gasteiger partial charge < -0.3 is 15.5 Å². The van der Waals surface area contributed by atoms with Gasteiger partial charge in [-0.3, -0.25) is 4.79 Å². The van der Waals surface area contributed by atoms with Crippen LogP contribution in [0.25, 0.3) is 0 Å². The SMILES string of the molecule is CCNC(=NCc1ccccc1F)NCCC(=O)N1CCCC1.I. The van der Waals surface area contributed by atoms with Crippen LogP contribution in [0, 0.1) is 5.82 Å². The highest BCUT2D eigenvalue weighted by Crippen LogP contribution is 2.09. The van der Waals surface area contributed by atoms with Crippen LogP contribution in [0.2, 0.25) is 0 Å². The lowest BCUT2D eigenvalue weighted by Gasteiger charge is -2.16. The molecule has 1 aliphatic rings. The number of carbonyl (C=O) groups excluding carboxylic acids is 1. The van der Waals surface area contributed by atoms with Gasteiger partial charge in [-0.05, 0) is 25.8 Å². The third-order valence-corrected chi connectivity index (χ3v) is 3.80. The van der Waals surface area contributed by atoms with E-state index in [1.165, 1.54) is 6.07 Å². The molecule has 0 atom stereocenters. The fourth-order valence-electron chi connectivity index (χ4n) is 2.55. The minimum atomic E-state index is -0.253. The van der Waals surface area contributed by atoms with Crippen LogP contribution in [0.4, 0.5) is 4.39 Å². The van der Waals surface area contributed by atoms with Crippen LogP contribution >= 0.6 is 24.0 Å². The maximum atomic E-state index is 13.6. The van der Waals surface area contributed by atoms with E-state index in [9.17, 15) is 9.18 Å². The zero-order valence-corrected chi connectivity index (χ0v) is 16.4. The van der Waals surface area contributed by atoms with Gasteiger partial charge >= 0.3 is 0 Å². The number of aliphatic imine (C=N–C) groups is 1. The van der Waals surface area contributed by atoms with Gasteiger partial charge in [0.2, 0.25) is 5.91 Å². The number of rotatable bonds is 6. The largest absolute Gasteiger partial charge is 0.357 e. The van der Waals surface area contributed by atoms with E-state index in [2.05, 4.69) is 15.6 Å². The monoisotopic (exact) mass is 448 g/mol. The van der Waals surface area contributed by atoms with E-state index in [1.54, 1.807) is 18.2 Å². The lowest BCUT2D eigenvalue weighted by Crippen LogP contribution is -2.39. The van der Waals surface area contributed by atoms with Crippen molar-refractivity contribution >= 4 is 35.8 Å². The predicted octanol–water partition coefficient (Wildman–Crippen LogP) is 2.51. The van der Waals surface area contributed by atoms with Crippen molar-refractivity contribution in [1.82, 2.24) is 15.5 Å². The summed E-state index contributed by atoms with van der Waals surface area (Å²) in [6.07, 6.45) is 2.65. The van der Waals surface area contributed by atoms with Crippen molar-refractivity contribution in [2.45, 2.75) is 32.7 Å². The first-order valence-corrected chi connectivity index (χ1v) is 8.24. The molecule has 0 bridgehead atoms. The second kappa shape index (κ2) is 11.2. The molecule has 1 aromatic rings. The van der Waals surface area contributed by atoms with Crippen LogP contribution in [0.1, 0.15) is 31.7 Å². The summed E-state index contributed by atoms with van der Waals surface area (Å²) in [5.41, 5.74) is 0.554. The summed E-state index contributed by atoms with van der Waals surface area (Å²) in [7, 11) is 0. The Labute approximate surface area is 160 Å². The fraction of sp³-hybridized carbons (Fsp3) is 0.529. The molecule has 7 heteroatoms. The molecular formula is C17H26FIN4O. The molecule has 1 heterocycles. The molecule has 0 unspecified atom stereocenters. The van der Waals surface area contributed by atoms with Gasteiger partial charge in [-0.15, -0.1) is 24.0 Å². The molecule has 2 rings (SSSR count). The quantitative estimate of drug-likeness (QED) is 0.400. The van der Waals surface area contributed by atoms with Gasteiger partial charge in [0.15, 0.2) is 5.96 Å². The number of likely N-dealkylation sites (tertiary alicyclic amines) is 1. The molecule has 0 aromatic heterocycles. The van der Waals surface area contributed by atoms with Crippen molar-refractivity contribution < 1.29 is 9.18 Å². The normalized spacial score (nSPS) is 14.2. The summed E-state index contributed by atoms with van der Waals surface area (Å²) in [6.45, 7) is 5.22. The van der Waals surface area contributed by atoms with E-state index >= 15 is 0 Å². The molecule has 0 aliphatic carbocycles. The fourth-order valence-corrected chi connectivity index (χ4v) is 2.55. The average Bonchev–Trinajstić information content (AvgIpc) is 3.08. The van der Waals surface area contributed by atoms with Gasteiger partial charge in [-0.2, -0.15) is 0 Å². The number of amides is 1. The summed E-state index contributed by atoms with van der Waals surface area (Å²) in [4.78, 5) is 18.3. The Kier molecular flexibility index (Phi) is 9.66. The van der Waals surface area contributed by atoms with E-state index in [0.717, 1.165) is 25.9 Å². The molecule has 0 radical (unpaired) electrons. The average molecular weight is 448 g/mol. The predicted molar refractivity (Wildman–Crippen MR) is 105 cm³/mol. The topological polar surface area (TPSA) is 56.7 Å². The highest BCUT2D eigenvalue weighted by molar-refractivity contribution is 14.0. The molecule has 1 aliphatic heterocycles. The first-order chi connectivity index (χ1) is 11.2. The minimum absolute atomic E-state index is 0. The molecule has 5 nitrogen and oxygen atoms in total. The zero-order valence-electron chi connectivity index (χ0n) is 14.1. The minimum Gasteiger partial charge on any atom is -0.357 e. The molecule has 0 spiro atoms. The highest BCUT2D eigenvalue weighted by atomic mass is 127. The highest BCUT2D eigenvalue weighted by Gasteiger charge is 2.17. The van der Waals surface area contributed by atoms with E-state index in [1.807, 2.05) is 11.8 Å². The van der Waals surface area contributed by atoms with Gasteiger partial charge in [0.25, 0.3) is 0 Å². The number of nitrogens with zero attached hydrogens (tertiary/aromatic N) is 2. The van der Waals surface area contributed by atoms with Crippen LogP contribution in [0.15, 0.2) is 29.3 Å². The summed E-state index contributed by atoms with van der Waals surface area (Å²) in [6, 6.07) is 6.61. The van der Waals surface area contributed by atoms with Crippen molar-refractivity contribution in [1.29, 1.82) is 0 Å². The molecule has 1 aromatic carbocycles. The van der Waals surface area contributed by atoms with Gasteiger partial charge in [-0.25, -0.2) is 9.38 Å². The van der Waals surface area contributed by atoms with E-state index in [0.29, 0.717) is 31.0 Å². The van der Waals surface area contributed by atoms with Crippen molar-refractivity contribution in [2.24, 2.45) is 4.99 Å². The van der Waals surface area contributed by atoms with Gasteiger partial charge in [-0.1, -0.05) is 18.2 Å². The van der Waals surface area contributed by atoms with E-state index < -0.39 is 0 Å². The van der Waals surface area contributed by atoms with Crippen molar-refractivity contribution in [3.05, 3.63) is 35.6 Å². The molecular weight excluding hydrogens is 422 g/mol. The smallest absolute Gasteiger partial charge is 0.224 e. The zero-order chi connectivity index (χ0) is 16.5. The molecule has 0 saturated carbocycles. The van der Waals surface area contributed by atoms with Gasteiger partial charge in [0, 0.05) is 38.2 Å². The van der Waals surface area contributed by atoms with E-state index in [4.69, 9.17) is 0 Å². The van der Waals surface area contributed by atoms with Crippen LogP contribution in [0.5, 0.6) is 0 Å². The molecule has 1 amide bonds. The molecule has 134 valence electrons. The van der Waals surface area contributed by atoms with Gasteiger partial charge in [0.1, 0.15) is 5.82 Å². The maximum Gasteiger partial charge on any atom is 0.224 e. The Morgan fingerprint density at radius 1 is 1.25 bits per heavy atom. The Morgan fingerprint density at radius 3 is 2.62 bits per heavy atom. The number of carbonyl (C=O) groups is 1. The number of benzene rings is 1. The lowest BCUT2D eigenvalue weighted by atomic mass is 10.2. The Balaban J connectivity index is 0.00000288. The second-order valence-electron chi connectivity index (χ2n) is 5.55. The summed E-state index contributed by atoms with van der Waals surface area (Å²) in [5, 5.41) is 6.24. The first kappa shape index (κ1) is 20.7. The molecule has 2 N–H and O–H groups in total. The second-order valence-corrected chi connectivity index (χ2v) is 5.55. The first-order valence-electron chi connectivity index (χ1n) is 8.24. The molecule has 1 fully saturated rings. The number of hydrogen-bond donors (Lipinski definition) is 2. The third-order valence-electron chi connectivity index (χ3n) is 3.80. The van der Waals surface area contributed by atoms with Gasteiger partial charge in [0.05, 0.1) is 6.54 Å². The number of guanidine groups is 1. The number of nitrogens with one attached hydrogen (secondary N) is 2. The summed E-state index contributed by atoms with van der Waals surface area (Å²) in [5.74, 6) is 0.529. The standard InChI is InChI=1S/C17H25FN4O.HI/c1-2-19-17(21-13-14-7-3-4-8-15(14)18)20-10-9-16(23)22-11-5-6-12-22;/h3-4,7-8H,2,5-6,9-13H2,1H3,(H2,19,20,21);1H. The molecule has 1 saturated heterocycles. The van der Waals surface area contributed by atoms with Crippen LogP contribution in [-0.4, -0.2) is 42.9 Å². The van der Waals surface area contributed by atoms with Crippen LogP contribution in [-0.2, 0) is 11.3 Å². The van der Waals surface area contributed by atoms with E-state index in [-0.39, 0.29) is 42.2 Å². The summed E-state index contributed by atoms with van der Waals surface area (Å²) >= 11 is 0. The van der Waals surface area contributed by atoms with Crippen molar-refractivity contribution in [3.63, 3.8) is 0 Å². The number of hydrogen-bond acceptors (Lipinski definition) is 2. The maximum absolute atomic E-state index is 13.6. The Bertz CT molecular complexity index is 547. The van der Waals surface area contributed by atoms with Crippen molar-refractivity contribution in [2.75, 3.05) is 26.2 Å². The third kappa shape index (κ3) is 6.62. The Morgan fingerprint density at radius 2 is 1.96 bits per heavy atom. The van der Waals surface area contributed by atoms with Crippen molar-refractivity contribution in [3.8, 4) is 0 Å². The number of halogens is 2. The van der Waals surface area contributed by atoms with Crippen LogP contribution < -0.4 is 10.6 Å². The Hall–Kier alpha value is -1.38. The van der Waals surface area contributed by atoms with Crippen LogP contribution in [0.3, 0.4) is 0 Å². The summed E-state index contributed by atoms with van der Waals surface area (Å²) < 4.78 is 13.6. The lowest BCUT2D eigenvalue weighted by molar-refractivity contribution is -0.129. The molecule has 24 heavy (non-hydrogen) atoms.